The van der Waals surface area contributed by atoms with Crippen molar-refractivity contribution in [2.45, 2.75) is 38.1 Å². The van der Waals surface area contributed by atoms with Gasteiger partial charge < -0.3 is 10.2 Å². The van der Waals surface area contributed by atoms with Crippen LogP contribution in [-0.4, -0.2) is 33.5 Å². The fourth-order valence-corrected chi connectivity index (χ4v) is 4.27. The van der Waals surface area contributed by atoms with Crippen LogP contribution in [0.1, 0.15) is 31.4 Å². The third-order valence-corrected chi connectivity index (χ3v) is 5.72. The first kappa shape index (κ1) is 17.0. The molecular weight excluding hydrogens is 344 g/mol. The number of hydrogen-bond acceptors (Lipinski definition) is 4. The van der Waals surface area contributed by atoms with Crippen molar-refractivity contribution >= 4 is 33.3 Å². The van der Waals surface area contributed by atoms with E-state index >= 15 is 0 Å². The maximum Gasteiger partial charge on any atom is 0.322 e. The molecule has 26 heavy (non-hydrogen) atoms. The number of aryl methyl sites for hydroxylation is 1. The van der Waals surface area contributed by atoms with E-state index in [0.717, 1.165) is 53.8 Å². The van der Waals surface area contributed by atoms with Gasteiger partial charge in [-0.2, -0.15) is 0 Å². The van der Waals surface area contributed by atoms with Gasteiger partial charge in [0.2, 0.25) is 0 Å². The summed E-state index contributed by atoms with van der Waals surface area (Å²) in [5.41, 5.74) is 4.73. The summed E-state index contributed by atoms with van der Waals surface area (Å²) in [5.74, 6) is 0. The number of nitrogens with one attached hydrogen (secondary N) is 1. The Morgan fingerprint density at radius 1 is 1.23 bits per heavy atom. The van der Waals surface area contributed by atoms with Crippen LogP contribution in [0.3, 0.4) is 0 Å². The quantitative estimate of drug-likeness (QED) is 0.727. The van der Waals surface area contributed by atoms with Gasteiger partial charge in [0.05, 0.1) is 15.7 Å². The summed E-state index contributed by atoms with van der Waals surface area (Å²) in [6.45, 7) is 0.821. The number of hydrogen-bond donors (Lipinski definition) is 1. The molecule has 0 radical (unpaired) electrons. The van der Waals surface area contributed by atoms with Crippen molar-refractivity contribution < 1.29 is 4.79 Å². The van der Waals surface area contributed by atoms with Crippen LogP contribution in [0.15, 0.2) is 48.1 Å². The largest absolute Gasteiger partial charge is 0.322 e. The molecule has 0 spiro atoms. The minimum absolute atomic E-state index is 0.000383. The Bertz CT molecular complexity index is 880. The second kappa shape index (κ2) is 7.83. The maximum absolute atomic E-state index is 12.9. The van der Waals surface area contributed by atoms with Crippen molar-refractivity contribution in [3.05, 3.63) is 53.8 Å². The van der Waals surface area contributed by atoms with Crippen molar-refractivity contribution in [1.29, 1.82) is 0 Å². The normalized spacial score (nSPS) is 17.4. The highest BCUT2D eigenvalue weighted by Gasteiger charge is 2.26. The minimum atomic E-state index is -0.000383. The van der Waals surface area contributed by atoms with Gasteiger partial charge in [-0.05, 0) is 62.4 Å². The van der Waals surface area contributed by atoms with E-state index in [2.05, 4.69) is 21.4 Å². The van der Waals surface area contributed by atoms with E-state index in [1.165, 1.54) is 6.42 Å². The molecule has 1 aliphatic rings. The third-order valence-electron chi connectivity index (χ3n) is 4.93. The van der Waals surface area contributed by atoms with Crippen molar-refractivity contribution in [2.75, 3.05) is 11.9 Å². The fourth-order valence-electron chi connectivity index (χ4n) is 3.56. The molecule has 134 valence electrons. The van der Waals surface area contributed by atoms with Gasteiger partial charge in [-0.3, -0.25) is 4.98 Å². The molecular formula is C20H22N4OS. The first-order valence-corrected chi connectivity index (χ1v) is 9.98. The molecule has 1 aliphatic heterocycles. The van der Waals surface area contributed by atoms with Gasteiger partial charge in [0.25, 0.3) is 0 Å². The summed E-state index contributed by atoms with van der Waals surface area (Å²) < 4.78 is 1.09. The topological polar surface area (TPSA) is 58.1 Å². The number of rotatable bonds is 4. The van der Waals surface area contributed by atoms with Crippen LogP contribution in [0, 0.1) is 0 Å². The molecule has 3 aromatic rings. The Labute approximate surface area is 157 Å². The van der Waals surface area contributed by atoms with Gasteiger partial charge in [0.1, 0.15) is 0 Å². The number of likely N-dealkylation sites (tertiary alicyclic amines) is 1. The van der Waals surface area contributed by atoms with E-state index in [1.807, 2.05) is 46.9 Å². The average molecular weight is 366 g/mol. The van der Waals surface area contributed by atoms with Gasteiger partial charge in [-0.1, -0.05) is 6.07 Å². The van der Waals surface area contributed by atoms with Crippen LogP contribution in [0.5, 0.6) is 0 Å². The lowest BCUT2D eigenvalue weighted by molar-refractivity contribution is 0.158. The van der Waals surface area contributed by atoms with Gasteiger partial charge in [-0.25, -0.2) is 9.78 Å². The molecule has 1 saturated heterocycles. The van der Waals surface area contributed by atoms with Crippen molar-refractivity contribution in [3.8, 4) is 0 Å². The Balaban J connectivity index is 1.42. The van der Waals surface area contributed by atoms with Crippen molar-refractivity contribution in [1.82, 2.24) is 14.9 Å². The summed E-state index contributed by atoms with van der Waals surface area (Å²) in [6, 6.07) is 12.2. The zero-order valence-electron chi connectivity index (χ0n) is 14.6. The number of anilines is 1. The Kier molecular flexibility index (Phi) is 5.11. The molecule has 0 bridgehead atoms. The number of urea groups is 1. The smallest absolute Gasteiger partial charge is 0.322 e. The number of thiazole rings is 1. The average Bonchev–Trinajstić information content (AvgIpc) is 3.15. The van der Waals surface area contributed by atoms with Crippen molar-refractivity contribution in [2.24, 2.45) is 0 Å². The Morgan fingerprint density at radius 2 is 2.19 bits per heavy atom. The number of aromatic nitrogens is 2. The van der Waals surface area contributed by atoms with Crippen LogP contribution in [0.4, 0.5) is 10.5 Å². The van der Waals surface area contributed by atoms with E-state index in [1.54, 1.807) is 11.3 Å². The number of fused-ring (bicyclic) bond motifs is 1. The Hall–Kier alpha value is -2.47. The summed E-state index contributed by atoms with van der Waals surface area (Å²) in [4.78, 5) is 23.5. The summed E-state index contributed by atoms with van der Waals surface area (Å²) >= 11 is 1.59. The predicted molar refractivity (Wildman–Crippen MR) is 106 cm³/mol. The SMILES string of the molecule is O=C(Nc1ccc2ncsc2c1)N1CCCC[C@@H]1CCc1ccccn1. The van der Waals surface area contributed by atoms with Gasteiger partial charge >= 0.3 is 6.03 Å². The zero-order chi connectivity index (χ0) is 17.8. The lowest BCUT2D eigenvalue weighted by Gasteiger charge is -2.35. The highest BCUT2D eigenvalue weighted by molar-refractivity contribution is 7.16. The highest BCUT2D eigenvalue weighted by atomic mass is 32.1. The molecule has 5 nitrogen and oxygen atoms in total. The molecule has 0 unspecified atom stereocenters. The van der Waals surface area contributed by atoms with Crippen LogP contribution in [0.25, 0.3) is 10.2 Å². The summed E-state index contributed by atoms with van der Waals surface area (Å²) in [6.07, 6.45) is 7.01. The number of carbonyl (C=O) groups excluding carboxylic acids is 1. The van der Waals surface area contributed by atoms with E-state index < -0.39 is 0 Å². The van der Waals surface area contributed by atoms with E-state index in [4.69, 9.17) is 0 Å². The van der Waals surface area contributed by atoms with E-state index in [0.29, 0.717) is 0 Å². The Morgan fingerprint density at radius 3 is 3.08 bits per heavy atom. The van der Waals surface area contributed by atoms with Gasteiger partial charge in [0, 0.05) is 30.2 Å². The fraction of sp³-hybridized carbons (Fsp3) is 0.350. The first-order valence-electron chi connectivity index (χ1n) is 9.10. The predicted octanol–water partition coefficient (Wildman–Crippen LogP) is 4.71. The van der Waals surface area contributed by atoms with Crippen LogP contribution in [-0.2, 0) is 6.42 Å². The second-order valence-electron chi connectivity index (χ2n) is 6.67. The van der Waals surface area contributed by atoms with Crippen LogP contribution >= 0.6 is 11.3 Å². The lowest BCUT2D eigenvalue weighted by Crippen LogP contribution is -2.46. The number of nitrogens with zero attached hydrogens (tertiary/aromatic N) is 3. The zero-order valence-corrected chi connectivity index (χ0v) is 15.4. The molecule has 3 heterocycles. The molecule has 4 rings (SSSR count). The van der Waals surface area contributed by atoms with Crippen LogP contribution < -0.4 is 5.32 Å². The van der Waals surface area contributed by atoms with Gasteiger partial charge in [-0.15, -0.1) is 11.3 Å². The number of piperidine rings is 1. The molecule has 1 fully saturated rings. The molecule has 1 aromatic carbocycles. The second-order valence-corrected chi connectivity index (χ2v) is 7.55. The monoisotopic (exact) mass is 366 g/mol. The molecule has 2 aromatic heterocycles. The number of carbonyl (C=O) groups is 1. The van der Waals surface area contributed by atoms with E-state index in [9.17, 15) is 4.79 Å². The number of pyridine rings is 1. The highest BCUT2D eigenvalue weighted by Crippen LogP contribution is 2.25. The molecule has 0 saturated carbocycles. The minimum Gasteiger partial charge on any atom is -0.322 e. The molecule has 1 atom stereocenters. The maximum atomic E-state index is 12.9. The number of amides is 2. The first-order chi connectivity index (χ1) is 12.8. The number of benzene rings is 1. The standard InChI is InChI=1S/C20H22N4OS/c25-20(23-16-8-10-18-19(13-16)26-14-22-18)24-12-4-2-6-17(24)9-7-15-5-1-3-11-21-15/h1,3,5,8,10-11,13-14,17H,2,4,6-7,9,12H2,(H,23,25)/t17-/m1/s1. The summed E-state index contributed by atoms with van der Waals surface area (Å²) in [7, 11) is 0. The molecule has 0 aliphatic carbocycles. The molecule has 6 heteroatoms. The molecule has 1 N–H and O–H groups in total. The lowest BCUT2D eigenvalue weighted by atomic mass is 9.97. The summed E-state index contributed by atoms with van der Waals surface area (Å²) in [5, 5.41) is 3.07. The van der Waals surface area contributed by atoms with E-state index in [-0.39, 0.29) is 12.1 Å². The molecule has 2 amide bonds. The third kappa shape index (κ3) is 3.85. The van der Waals surface area contributed by atoms with Gasteiger partial charge in [0.15, 0.2) is 0 Å². The van der Waals surface area contributed by atoms with Crippen LogP contribution in [0.2, 0.25) is 0 Å². The van der Waals surface area contributed by atoms with Crippen molar-refractivity contribution in [3.63, 3.8) is 0 Å².